The molecule has 0 radical (unpaired) electrons. The van der Waals surface area contributed by atoms with Crippen molar-refractivity contribution >= 4 is 11.8 Å². The van der Waals surface area contributed by atoms with Gasteiger partial charge in [-0.1, -0.05) is 6.07 Å². The lowest BCUT2D eigenvalue weighted by atomic mass is 10.2. The average Bonchev–Trinajstić information content (AvgIpc) is 3.32. The van der Waals surface area contributed by atoms with Crippen LogP contribution < -0.4 is 20.1 Å². The summed E-state index contributed by atoms with van der Waals surface area (Å²) in [7, 11) is 3.15. The second-order valence-corrected chi connectivity index (χ2v) is 6.02. The van der Waals surface area contributed by atoms with E-state index in [4.69, 9.17) is 9.47 Å². The largest absolute Gasteiger partial charge is 0.493 e. The Morgan fingerprint density at radius 1 is 1.13 bits per heavy atom. The topological polar surface area (TPSA) is 76.7 Å². The van der Waals surface area contributed by atoms with Crippen molar-refractivity contribution in [2.75, 3.05) is 14.2 Å². The molecule has 6 nitrogen and oxygen atoms in total. The molecule has 2 unspecified atom stereocenters. The van der Waals surface area contributed by atoms with Gasteiger partial charge in [0.05, 0.1) is 26.1 Å². The van der Waals surface area contributed by atoms with Crippen LogP contribution in [0.15, 0.2) is 18.2 Å². The monoisotopic (exact) mass is 320 g/mol. The lowest BCUT2D eigenvalue weighted by Gasteiger charge is -2.10. The van der Waals surface area contributed by atoms with Crippen LogP contribution in [0.5, 0.6) is 11.5 Å². The summed E-state index contributed by atoms with van der Waals surface area (Å²) >= 11 is 0. The SMILES string of the molecule is COc1ccc(CNC(=O)C2CC2C(=O)NC(C)C)cc1OC. The Morgan fingerprint density at radius 3 is 2.39 bits per heavy atom. The van der Waals surface area contributed by atoms with Gasteiger partial charge in [0, 0.05) is 12.6 Å². The molecule has 1 aromatic carbocycles. The number of carbonyl (C=O) groups excluding carboxylic acids is 2. The van der Waals surface area contributed by atoms with Crippen LogP contribution in [0.4, 0.5) is 0 Å². The van der Waals surface area contributed by atoms with Crippen LogP contribution in [-0.4, -0.2) is 32.1 Å². The maximum atomic E-state index is 12.1. The highest BCUT2D eigenvalue weighted by atomic mass is 16.5. The van der Waals surface area contributed by atoms with E-state index in [-0.39, 0.29) is 29.7 Å². The third-order valence-electron chi connectivity index (χ3n) is 3.81. The quantitative estimate of drug-likeness (QED) is 0.798. The van der Waals surface area contributed by atoms with Crippen LogP contribution >= 0.6 is 0 Å². The first-order chi connectivity index (χ1) is 11.0. The normalized spacial score (nSPS) is 19.2. The van der Waals surface area contributed by atoms with Crippen molar-refractivity contribution in [1.29, 1.82) is 0 Å². The van der Waals surface area contributed by atoms with E-state index in [1.165, 1.54) is 0 Å². The summed E-state index contributed by atoms with van der Waals surface area (Å²) in [4.78, 5) is 23.9. The minimum atomic E-state index is -0.214. The average molecular weight is 320 g/mol. The Morgan fingerprint density at radius 2 is 1.78 bits per heavy atom. The molecule has 1 saturated carbocycles. The van der Waals surface area contributed by atoms with Gasteiger partial charge >= 0.3 is 0 Å². The van der Waals surface area contributed by atoms with Gasteiger partial charge in [0.2, 0.25) is 11.8 Å². The van der Waals surface area contributed by atoms with Crippen molar-refractivity contribution in [1.82, 2.24) is 10.6 Å². The van der Waals surface area contributed by atoms with Crippen LogP contribution in [0.2, 0.25) is 0 Å². The summed E-state index contributed by atoms with van der Waals surface area (Å²) in [5.74, 6) is 0.752. The molecule has 2 atom stereocenters. The fourth-order valence-electron chi connectivity index (χ4n) is 2.48. The molecule has 0 aromatic heterocycles. The molecule has 2 rings (SSSR count). The predicted octanol–water partition coefficient (Wildman–Crippen LogP) is 1.48. The summed E-state index contributed by atoms with van der Waals surface area (Å²) in [5.41, 5.74) is 0.917. The molecule has 1 aliphatic carbocycles. The zero-order valence-corrected chi connectivity index (χ0v) is 14.0. The smallest absolute Gasteiger partial charge is 0.224 e. The van der Waals surface area contributed by atoms with Gasteiger partial charge in [-0.3, -0.25) is 9.59 Å². The molecular weight excluding hydrogens is 296 g/mol. The Hall–Kier alpha value is -2.24. The Balaban J connectivity index is 1.85. The number of carbonyl (C=O) groups is 2. The van der Waals surface area contributed by atoms with E-state index < -0.39 is 0 Å². The summed E-state index contributed by atoms with van der Waals surface area (Å²) in [5, 5.41) is 5.71. The Labute approximate surface area is 136 Å². The van der Waals surface area contributed by atoms with Gasteiger partial charge in [-0.2, -0.15) is 0 Å². The second-order valence-electron chi connectivity index (χ2n) is 6.02. The predicted molar refractivity (Wildman–Crippen MR) is 86.3 cm³/mol. The molecule has 0 saturated heterocycles. The molecule has 1 fully saturated rings. The number of methoxy groups -OCH3 is 2. The molecule has 0 bridgehead atoms. The fourth-order valence-corrected chi connectivity index (χ4v) is 2.48. The van der Waals surface area contributed by atoms with Crippen molar-refractivity contribution in [3.8, 4) is 11.5 Å². The maximum Gasteiger partial charge on any atom is 0.224 e. The van der Waals surface area contributed by atoms with Gasteiger partial charge in [0.1, 0.15) is 0 Å². The summed E-state index contributed by atoms with van der Waals surface area (Å²) in [6.07, 6.45) is 0.621. The van der Waals surface area contributed by atoms with Gasteiger partial charge < -0.3 is 20.1 Å². The minimum Gasteiger partial charge on any atom is -0.493 e. The van der Waals surface area contributed by atoms with Crippen LogP contribution in [0.1, 0.15) is 25.8 Å². The number of hydrogen-bond acceptors (Lipinski definition) is 4. The summed E-state index contributed by atoms with van der Waals surface area (Å²) in [6.45, 7) is 4.22. The molecular formula is C17H24N2O4. The molecule has 6 heteroatoms. The molecule has 1 aromatic rings. The van der Waals surface area contributed by atoms with E-state index >= 15 is 0 Å². The number of rotatable bonds is 7. The summed E-state index contributed by atoms with van der Waals surface area (Å²) in [6, 6.07) is 5.60. The van der Waals surface area contributed by atoms with Crippen molar-refractivity contribution in [3.63, 3.8) is 0 Å². The third-order valence-corrected chi connectivity index (χ3v) is 3.81. The zero-order chi connectivity index (χ0) is 17.0. The van der Waals surface area contributed by atoms with Crippen molar-refractivity contribution in [3.05, 3.63) is 23.8 Å². The Bertz CT molecular complexity index is 586. The molecule has 23 heavy (non-hydrogen) atoms. The van der Waals surface area contributed by atoms with Crippen LogP contribution in [0.3, 0.4) is 0 Å². The molecule has 0 spiro atoms. The number of ether oxygens (including phenoxy) is 2. The highest BCUT2D eigenvalue weighted by Crippen LogP contribution is 2.39. The van der Waals surface area contributed by atoms with Gasteiger partial charge in [-0.15, -0.1) is 0 Å². The van der Waals surface area contributed by atoms with E-state index in [1.807, 2.05) is 26.0 Å². The van der Waals surface area contributed by atoms with Crippen molar-refractivity contribution in [2.24, 2.45) is 11.8 Å². The van der Waals surface area contributed by atoms with E-state index in [1.54, 1.807) is 20.3 Å². The van der Waals surface area contributed by atoms with E-state index in [9.17, 15) is 9.59 Å². The third kappa shape index (κ3) is 4.37. The molecule has 0 heterocycles. The van der Waals surface area contributed by atoms with E-state index in [2.05, 4.69) is 10.6 Å². The van der Waals surface area contributed by atoms with Crippen LogP contribution in [0, 0.1) is 11.8 Å². The number of hydrogen-bond donors (Lipinski definition) is 2. The van der Waals surface area contributed by atoms with Gasteiger partial charge in [0.15, 0.2) is 11.5 Å². The number of benzene rings is 1. The minimum absolute atomic E-state index is 0.0359. The van der Waals surface area contributed by atoms with Crippen LogP contribution in [0.25, 0.3) is 0 Å². The highest BCUT2D eigenvalue weighted by molar-refractivity contribution is 5.92. The molecule has 126 valence electrons. The van der Waals surface area contributed by atoms with Gasteiger partial charge in [0.25, 0.3) is 0 Å². The highest BCUT2D eigenvalue weighted by Gasteiger charge is 2.47. The first-order valence-electron chi connectivity index (χ1n) is 7.75. The lowest BCUT2D eigenvalue weighted by Crippen LogP contribution is -2.33. The van der Waals surface area contributed by atoms with Crippen LogP contribution in [-0.2, 0) is 16.1 Å². The van der Waals surface area contributed by atoms with Gasteiger partial charge in [-0.05, 0) is 38.0 Å². The number of nitrogens with one attached hydrogen (secondary N) is 2. The first kappa shape index (κ1) is 17.1. The fraction of sp³-hybridized carbons (Fsp3) is 0.529. The van der Waals surface area contributed by atoms with Gasteiger partial charge in [-0.25, -0.2) is 0 Å². The van der Waals surface area contributed by atoms with E-state index in [0.29, 0.717) is 24.5 Å². The molecule has 0 aliphatic heterocycles. The standard InChI is InChI=1S/C17H24N2O4/c1-10(2)19-17(21)13-8-12(13)16(20)18-9-11-5-6-14(22-3)15(7-11)23-4/h5-7,10,12-13H,8-9H2,1-4H3,(H,18,20)(H,19,21). The maximum absolute atomic E-state index is 12.1. The molecule has 2 N–H and O–H groups in total. The second kappa shape index (κ2) is 7.35. The van der Waals surface area contributed by atoms with E-state index in [0.717, 1.165) is 5.56 Å². The zero-order valence-electron chi connectivity index (χ0n) is 14.0. The Kier molecular flexibility index (Phi) is 5.47. The lowest BCUT2D eigenvalue weighted by molar-refractivity contribution is -0.127. The number of amides is 2. The first-order valence-corrected chi connectivity index (χ1v) is 7.75. The van der Waals surface area contributed by atoms with Crippen molar-refractivity contribution in [2.45, 2.75) is 32.9 Å². The summed E-state index contributed by atoms with van der Waals surface area (Å²) < 4.78 is 10.4. The molecule has 2 amide bonds. The molecule has 1 aliphatic rings. The van der Waals surface area contributed by atoms with Crippen molar-refractivity contribution < 1.29 is 19.1 Å².